The van der Waals surface area contributed by atoms with E-state index in [9.17, 15) is 38.4 Å². The normalized spacial score (nSPS) is 19.2. The predicted molar refractivity (Wildman–Crippen MR) is 214 cm³/mol. The van der Waals surface area contributed by atoms with Crippen molar-refractivity contribution < 1.29 is 71.9 Å². The van der Waals surface area contributed by atoms with E-state index in [1.807, 2.05) is 48.5 Å². The molecular weight excluding hydrogens is 805 g/mol. The van der Waals surface area contributed by atoms with Crippen LogP contribution in [-0.2, 0) is 66.8 Å². The van der Waals surface area contributed by atoms with Gasteiger partial charge in [-0.1, -0.05) is 48.5 Å². The molecule has 60 heavy (non-hydrogen) atoms. The largest absolute Gasteiger partial charge is 0.481 e. The van der Waals surface area contributed by atoms with Crippen LogP contribution < -0.4 is 5.32 Å². The predicted octanol–water partition coefficient (Wildman–Crippen LogP) is 3.53. The van der Waals surface area contributed by atoms with Gasteiger partial charge in [-0.15, -0.1) is 11.8 Å². The summed E-state index contributed by atoms with van der Waals surface area (Å²) in [5.41, 5.74) is 3.35. The third-order valence-electron chi connectivity index (χ3n) is 9.60. The lowest BCUT2D eigenvalue weighted by Gasteiger charge is -2.44. The smallest absolute Gasteiger partial charge is 0.307 e. The molecule has 18 heteroatoms. The van der Waals surface area contributed by atoms with Crippen molar-refractivity contribution in [2.24, 2.45) is 0 Å². The number of nitrogens with zero attached hydrogens (tertiary/aromatic N) is 1. The number of carbonyl (C=O) groups excluding carboxylic acids is 7. The zero-order valence-corrected chi connectivity index (χ0v) is 34.9. The van der Waals surface area contributed by atoms with Gasteiger partial charge in [0.2, 0.25) is 11.8 Å². The van der Waals surface area contributed by atoms with Gasteiger partial charge in [-0.3, -0.25) is 38.4 Å². The van der Waals surface area contributed by atoms with E-state index >= 15 is 0 Å². The minimum Gasteiger partial charge on any atom is -0.481 e. The molecule has 4 rings (SSSR count). The number of carbonyl (C=O) groups is 8. The molecule has 2 N–H and O–H groups in total. The summed E-state index contributed by atoms with van der Waals surface area (Å²) >= 11 is 1.20. The van der Waals surface area contributed by atoms with Crippen LogP contribution in [-0.4, -0.2) is 126 Å². The van der Waals surface area contributed by atoms with Gasteiger partial charge in [0.1, 0.15) is 24.8 Å². The Hall–Kier alpha value is -5.49. The van der Waals surface area contributed by atoms with Crippen molar-refractivity contribution in [2.75, 3.05) is 38.6 Å². The van der Waals surface area contributed by atoms with Gasteiger partial charge < -0.3 is 43.7 Å². The number of ether oxygens (including phenoxy) is 6. The number of carboxylic acid groups (broad SMARTS) is 1. The maximum Gasteiger partial charge on any atom is 0.307 e. The molecule has 1 heterocycles. The number of carboxylic acids is 1. The maximum absolute atomic E-state index is 13.5. The van der Waals surface area contributed by atoms with E-state index in [1.54, 1.807) is 0 Å². The highest BCUT2D eigenvalue weighted by Crippen LogP contribution is 2.44. The number of amides is 2. The Morgan fingerprint density at radius 2 is 1.28 bits per heavy atom. The monoisotopic (exact) mass is 856 g/mol. The van der Waals surface area contributed by atoms with Crippen molar-refractivity contribution in [3.63, 3.8) is 0 Å². The molecule has 2 amide bonds. The molecule has 0 saturated carbocycles. The fraction of sp³-hybridized carbons (Fsp3) is 0.524. The number of esters is 5. The summed E-state index contributed by atoms with van der Waals surface area (Å²) in [5.74, 6) is -4.99. The number of fused-ring (bicyclic) bond motifs is 3. The summed E-state index contributed by atoms with van der Waals surface area (Å²) in [5, 5.41) is 11.5. The van der Waals surface area contributed by atoms with Crippen molar-refractivity contribution in [2.45, 2.75) is 102 Å². The van der Waals surface area contributed by atoms with Crippen LogP contribution in [0.25, 0.3) is 11.1 Å². The summed E-state index contributed by atoms with van der Waals surface area (Å²) in [4.78, 5) is 99.1. The molecule has 0 radical (unpaired) electrons. The van der Waals surface area contributed by atoms with Gasteiger partial charge in [0, 0.05) is 66.1 Å². The van der Waals surface area contributed by atoms with Crippen molar-refractivity contribution in [3.05, 3.63) is 59.7 Å². The Morgan fingerprint density at radius 3 is 1.88 bits per heavy atom. The summed E-state index contributed by atoms with van der Waals surface area (Å²) < 4.78 is 33.4. The third-order valence-corrected chi connectivity index (χ3v) is 10.8. The van der Waals surface area contributed by atoms with E-state index in [2.05, 4.69) is 5.32 Å². The first-order chi connectivity index (χ1) is 28.6. The molecular formula is C42H52N2O15S. The van der Waals surface area contributed by atoms with Crippen LogP contribution in [0.4, 0.5) is 0 Å². The summed E-state index contributed by atoms with van der Waals surface area (Å²) in [6, 6.07) is 15.9. The van der Waals surface area contributed by atoms with Crippen molar-refractivity contribution in [1.82, 2.24) is 10.2 Å². The van der Waals surface area contributed by atoms with E-state index < -0.39 is 71.6 Å². The topological polar surface area (TPSA) is 227 Å². The zero-order valence-electron chi connectivity index (χ0n) is 34.1. The van der Waals surface area contributed by atoms with Crippen molar-refractivity contribution in [1.29, 1.82) is 0 Å². The SMILES string of the molecule is CC(=O)OC[C@H]1O[C@@H](SCCCCC(=O)N(CCNC(=O)CCC(=O)O)CCC(=O)OCC2c3ccccc3-c3ccccc32)[C@H](OC(C)=O)[C@@H](OC(C)=O)[C@H]1OC(C)=O. The first kappa shape index (κ1) is 47.2. The quantitative estimate of drug-likeness (QED) is 0.0981. The van der Waals surface area contributed by atoms with Crippen LogP contribution in [0.5, 0.6) is 0 Å². The third kappa shape index (κ3) is 14.4. The fourth-order valence-corrected chi connectivity index (χ4v) is 8.20. The second-order valence-corrected chi connectivity index (χ2v) is 15.4. The number of hydrogen-bond acceptors (Lipinski definition) is 15. The van der Waals surface area contributed by atoms with Gasteiger partial charge in [-0.2, -0.15) is 0 Å². The standard InChI is InChI=1S/C42H52N2O15S/c1-25(45)54-24-34-39(56-26(2)46)40(57-27(3)47)41(58-28(4)48)42(59-34)60-22-10-9-15-36(50)44(21-19-43-35(49)16-17-37(51)52)20-18-38(53)55-23-33-31-13-7-5-11-29(31)30-12-6-8-14-32(30)33/h5-8,11-14,33-34,39-42H,9-10,15-24H2,1-4H3,(H,43,49)(H,51,52)/t34-,39+,40+,41-,42+/m1/s1. The molecule has 2 aliphatic rings. The molecule has 0 bridgehead atoms. The maximum atomic E-state index is 13.5. The van der Waals surface area contributed by atoms with E-state index in [4.69, 9.17) is 33.5 Å². The Morgan fingerprint density at radius 1 is 0.683 bits per heavy atom. The number of hydrogen-bond donors (Lipinski definition) is 2. The first-order valence-corrected chi connectivity index (χ1v) is 20.7. The average Bonchev–Trinajstić information content (AvgIpc) is 3.51. The molecule has 1 aliphatic heterocycles. The minimum atomic E-state index is -1.29. The Balaban J connectivity index is 1.35. The molecule has 2 aromatic rings. The van der Waals surface area contributed by atoms with Crippen LogP contribution in [0, 0.1) is 0 Å². The highest BCUT2D eigenvalue weighted by molar-refractivity contribution is 7.99. The lowest BCUT2D eigenvalue weighted by atomic mass is 9.98. The fourth-order valence-electron chi connectivity index (χ4n) is 6.97. The second-order valence-electron chi connectivity index (χ2n) is 14.2. The van der Waals surface area contributed by atoms with E-state index in [0.717, 1.165) is 43.0 Å². The van der Waals surface area contributed by atoms with Gasteiger partial charge in [0.15, 0.2) is 18.3 Å². The number of nitrogens with one attached hydrogen (secondary N) is 1. The zero-order chi connectivity index (χ0) is 43.8. The van der Waals surface area contributed by atoms with Gasteiger partial charge >= 0.3 is 35.8 Å². The van der Waals surface area contributed by atoms with Crippen LogP contribution in [0.1, 0.15) is 83.3 Å². The number of benzene rings is 2. The molecule has 0 aromatic heterocycles. The average molecular weight is 857 g/mol. The Bertz CT molecular complexity index is 1830. The molecule has 1 aliphatic carbocycles. The van der Waals surface area contributed by atoms with Crippen LogP contribution in [0.2, 0.25) is 0 Å². The molecule has 0 spiro atoms. The lowest BCUT2D eigenvalue weighted by molar-refractivity contribution is -0.237. The molecule has 1 saturated heterocycles. The summed E-state index contributed by atoms with van der Waals surface area (Å²) in [6.45, 7) is 4.50. The number of aliphatic carboxylic acids is 1. The van der Waals surface area contributed by atoms with Crippen LogP contribution in [0.3, 0.4) is 0 Å². The van der Waals surface area contributed by atoms with Crippen molar-refractivity contribution >= 4 is 59.4 Å². The van der Waals surface area contributed by atoms with E-state index in [0.29, 0.717) is 18.6 Å². The van der Waals surface area contributed by atoms with Gasteiger partial charge in [0.05, 0.1) is 12.8 Å². The minimum absolute atomic E-state index is 0.0139. The molecule has 17 nitrogen and oxygen atoms in total. The summed E-state index contributed by atoms with van der Waals surface area (Å²) in [6.07, 6.45) is -4.63. The Kier molecular flexibility index (Phi) is 18.4. The molecule has 326 valence electrons. The van der Waals surface area contributed by atoms with Crippen LogP contribution >= 0.6 is 11.8 Å². The number of rotatable bonds is 22. The second kappa shape index (κ2) is 23.3. The van der Waals surface area contributed by atoms with Crippen molar-refractivity contribution in [3.8, 4) is 11.1 Å². The highest BCUT2D eigenvalue weighted by atomic mass is 32.2. The Labute approximate surface area is 352 Å². The van der Waals surface area contributed by atoms with Gasteiger partial charge in [-0.25, -0.2) is 0 Å². The van der Waals surface area contributed by atoms with Gasteiger partial charge in [-0.05, 0) is 40.8 Å². The van der Waals surface area contributed by atoms with Gasteiger partial charge in [0.25, 0.3) is 0 Å². The highest BCUT2D eigenvalue weighted by Gasteiger charge is 2.52. The molecule has 5 atom stereocenters. The first-order valence-electron chi connectivity index (χ1n) is 19.7. The van der Waals surface area contributed by atoms with E-state index in [-0.39, 0.29) is 70.4 Å². The van der Waals surface area contributed by atoms with Crippen LogP contribution in [0.15, 0.2) is 48.5 Å². The molecule has 2 aromatic carbocycles. The molecule has 1 fully saturated rings. The number of thioether (sulfide) groups is 1. The number of unbranched alkanes of at least 4 members (excludes halogenated alkanes) is 1. The molecule has 0 unspecified atom stereocenters. The summed E-state index contributed by atoms with van der Waals surface area (Å²) in [7, 11) is 0. The lowest BCUT2D eigenvalue weighted by Crippen LogP contribution is -2.61. The van der Waals surface area contributed by atoms with E-state index in [1.165, 1.54) is 23.6 Å².